The quantitative estimate of drug-likeness (QED) is 0.606. The average molecular weight is 242 g/mol. The van der Waals surface area contributed by atoms with E-state index in [4.69, 9.17) is 4.74 Å². The van der Waals surface area contributed by atoms with Gasteiger partial charge in [0.1, 0.15) is 6.04 Å². The summed E-state index contributed by atoms with van der Waals surface area (Å²) in [5.74, 6) is 0.196. The molecule has 1 atom stereocenters. The Morgan fingerprint density at radius 3 is 2.59 bits per heavy atom. The molecule has 1 unspecified atom stereocenters. The van der Waals surface area contributed by atoms with Gasteiger partial charge in [-0.15, -0.1) is 0 Å². The van der Waals surface area contributed by atoms with E-state index in [1.165, 1.54) is 7.11 Å². The lowest BCUT2D eigenvalue weighted by molar-refractivity contribution is -0.143. The van der Waals surface area contributed by atoms with Crippen LogP contribution >= 0.6 is 0 Å². The van der Waals surface area contributed by atoms with Gasteiger partial charge in [-0.2, -0.15) is 0 Å². The summed E-state index contributed by atoms with van der Waals surface area (Å²) in [5.41, 5.74) is 0. The minimum absolute atomic E-state index is 0.0266. The molecule has 1 fully saturated rings. The van der Waals surface area contributed by atoms with Crippen molar-refractivity contribution in [2.45, 2.75) is 38.6 Å². The lowest BCUT2D eigenvalue weighted by Crippen LogP contribution is -2.41. The van der Waals surface area contributed by atoms with E-state index in [0.717, 1.165) is 19.3 Å². The van der Waals surface area contributed by atoms with Crippen molar-refractivity contribution < 1.29 is 14.3 Å². The molecular weight excluding hydrogens is 220 g/mol. The standard InChI is InChI=1S/C12H22N2O3/c1-3-7-13-10(15)6-8-14-11(9-4-5-9)12(16)17-2/h9,11,14H,3-8H2,1-2H3,(H,13,15). The van der Waals surface area contributed by atoms with Gasteiger partial charge in [-0.25, -0.2) is 0 Å². The highest BCUT2D eigenvalue weighted by molar-refractivity contribution is 5.77. The first kappa shape index (κ1) is 14.0. The molecule has 0 spiro atoms. The summed E-state index contributed by atoms with van der Waals surface area (Å²) in [5, 5.41) is 5.90. The molecular formula is C12H22N2O3. The zero-order valence-electron chi connectivity index (χ0n) is 10.6. The summed E-state index contributed by atoms with van der Waals surface area (Å²) < 4.78 is 4.73. The second kappa shape index (κ2) is 7.27. The largest absolute Gasteiger partial charge is 0.468 e. The Labute approximate surface area is 102 Å². The average Bonchev–Trinajstić information content (AvgIpc) is 3.15. The maximum absolute atomic E-state index is 11.5. The van der Waals surface area contributed by atoms with Gasteiger partial charge in [-0.3, -0.25) is 9.59 Å². The van der Waals surface area contributed by atoms with Gasteiger partial charge in [-0.1, -0.05) is 6.92 Å². The van der Waals surface area contributed by atoms with E-state index in [-0.39, 0.29) is 17.9 Å². The van der Waals surface area contributed by atoms with Crippen LogP contribution in [0.5, 0.6) is 0 Å². The van der Waals surface area contributed by atoms with Crippen molar-refractivity contribution in [3.05, 3.63) is 0 Å². The van der Waals surface area contributed by atoms with Gasteiger partial charge in [0.15, 0.2) is 0 Å². The molecule has 0 aromatic rings. The third-order valence-electron chi connectivity index (χ3n) is 2.84. The molecule has 0 radical (unpaired) electrons. The van der Waals surface area contributed by atoms with Crippen molar-refractivity contribution in [2.24, 2.45) is 5.92 Å². The molecule has 5 heteroatoms. The molecule has 1 aliphatic rings. The van der Waals surface area contributed by atoms with Gasteiger partial charge in [0, 0.05) is 19.5 Å². The van der Waals surface area contributed by atoms with E-state index >= 15 is 0 Å². The van der Waals surface area contributed by atoms with Crippen LogP contribution in [0.2, 0.25) is 0 Å². The van der Waals surface area contributed by atoms with E-state index in [1.807, 2.05) is 6.92 Å². The first-order chi connectivity index (χ1) is 8.19. The van der Waals surface area contributed by atoms with Gasteiger partial charge in [0.25, 0.3) is 0 Å². The predicted octanol–water partition coefficient (Wildman–Crippen LogP) is 0.444. The highest BCUT2D eigenvalue weighted by Crippen LogP contribution is 2.33. The number of methoxy groups -OCH3 is 1. The fourth-order valence-electron chi connectivity index (χ4n) is 1.69. The fraction of sp³-hybridized carbons (Fsp3) is 0.833. The van der Waals surface area contributed by atoms with Gasteiger partial charge < -0.3 is 15.4 Å². The molecule has 1 aliphatic carbocycles. The topological polar surface area (TPSA) is 67.4 Å². The van der Waals surface area contributed by atoms with Crippen molar-refractivity contribution in [3.63, 3.8) is 0 Å². The predicted molar refractivity (Wildman–Crippen MR) is 64.4 cm³/mol. The molecule has 98 valence electrons. The van der Waals surface area contributed by atoms with E-state index < -0.39 is 0 Å². The number of carbonyl (C=O) groups excluding carboxylic acids is 2. The number of rotatable bonds is 8. The first-order valence-electron chi connectivity index (χ1n) is 6.27. The Balaban J connectivity index is 2.18. The smallest absolute Gasteiger partial charge is 0.323 e. The molecule has 0 aromatic heterocycles. The molecule has 0 heterocycles. The van der Waals surface area contributed by atoms with Crippen LogP contribution in [0.3, 0.4) is 0 Å². The molecule has 5 nitrogen and oxygen atoms in total. The number of amides is 1. The molecule has 0 bridgehead atoms. The summed E-state index contributed by atoms with van der Waals surface area (Å²) in [6.07, 6.45) is 3.47. The number of hydrogen-bond donors (Lipinski definition) is 2. The van der Waals surface area contributed by atoms with E-state index in [9.17, 15) is 9.59 Å². The number of nitrogens with one attached hydrogen (secondary N) is 2. The van der Waals surface area contributed by atoms with Gasteiger partial charge >= 0.3 is 5.97 Å². The van der Waals surface area contributed by atoms with Crippen LogP contribution in [0.25, 0.3) is 0 Å². The molecule has 0 aromatic carbocycles. The highest BCUT2D eigenvalue weighted by Gasteiger charge is 2.36. The Kier molecular flexibility index (Phi) is 5.97. The van der Waals surface area contributed by atoms with Crippen LogP contribution in [0, 0.1) is 5.92 Å². The van der Waals surface area contributed by atoms with Crippen LogP contribution in [0.4, 0.5) is 0 Å². The molecule has 1 amide bonds. The Hall–Kier alpha value is -1.10. The zero-order valence-corrected chi connectivity index (χ0v) is 10.6. The lowest BCUT2D eigenvalue weighted by atomic mass is 10.2. The SMILES string of the molecule is CCCNC(=O)CCNC(C(=O)OC)C1CC1. The summed E-state index contributed by atoms with van der Waals surface area (Å²) in [6.45, 7) is 3.24. The zero-order chi connectivity index (χ0) is 12.7. The second-order valence-electron chi connectivity index (χ2n) is 4.39. The fourth-order valence-corrected chi connectivity index (χ4v) is 1.69. The van der Waals surface area contributed by atoms with Crippen LogP contribution in [-0.2, 0) is 14.3 Å². The van der Waals surface area contributed by atoms with Gasteiger partial charge in [0.2, 0.25) is 5.91 Å². The Morgan fingerprint density at radius 1 is 1.35 bits per heavy atom. The maximum atomic E-state index is 11.5. The van der Waals surface area contributed by atoms with Crippen LogP contribution in [-0.4, -0.2) is 38.1 Å². The number of esters is 1. The molecule has 2 N–H and O–H groups in total. The summed E-state index contributed by atoms with van der Waals surface area (Å²) in [4.78, 5) is 22.8. The summed E-state index contributed by atoms with van der Waals surface area (Å²) in [7, 11) is 1.40. The normalized spacial score (nSPS) is 16.4. The Morgan fingerprint density at radius 2 is 2.06 bits per heavy atom. The highest BCUT2D eigenvalue weighted by atomic mass is 16.5. The van der Waals surface area contributed by atoms with Crippen LogP contribution < -0.4 is 10.6 Å². The monoisotopic (exact) mass is 242 g/mol. The third kappa shape index (κ3) is 5.17. The van der Waals surface area contributed by atoms with E-state index in [1.54, 1.807) is 0 Å². The van der Waals surface area contributed by atoms with E-state index in [2.05, 4.69) is 10.6 Å². The molecule has 17 heavy (non-hydrogen) atoms. The number of hydrogen-bond acceptors (Lipinski definition) is 4. The van der Waals surface area contributed by atoms with Gasteiger partial charge in [-0.05, 0) is 25.2 Å². The molecule has 1 rings (SSSR count). The van der Waals surface area contributed by atoms with Crippen molar-refractivity contribution in [1.29, 1.82) is 0 Å². The summed E-state index contributed by atoms with van der Waals surface area (Å²) >= 11 is 0. The molecule has 0 saturated heterocycles. The Bertz CT molecular complexity index is 264. The van der Waals surface area contributed by atoms with Crippen molar-refractivity contribution in [1.82, 2.24) is 10.6 Å². The number of carbonyl (C=O) groups is 2. The van der Waals surface area contributed by atoms with Crippen LogP contribution in [0.15, 0.2) is 0 Å². The minimum atomic E-state index is -0.237. The molecule has 1 saturated carbocycles. The minimum Gasteiger partial charge on any atom is -0.468 e. The van der Waals surface area contributed by atoms with Crippen molar-refractivity contribution >= 4 is 11.9 Å². The second-order valence-corrected chi connectivity index (χ2v) is 4.39. The maximum Gasteiger partial charge on any atom is 0.323 e. The van der Waals surface area contributed by atoms with Crippen LogP contribution in [0.1, 0.15) is 32.6 Å². The third-order valence-corrected chi connectivity index (χ3v) is 2.84. The number of ether oxygens (including phenoxy) is 1. The first-order valence-corrected chi connectivity index (χ1v) is 6.27. The lowest BCUT2D eigenvalue weighted by Gasteiger charge is -2.15. The van der Waals surface area contributed by atoms with Crippen molar-refractivity contribution in [2.75, 3.05) is 20.2 Å². The summed E-state index contributed by atoms with van der Waals surface area (Å²) in [6, 6.07) is -0.237. The van der Waals surface area contributed by atoms with Gasteiger partial charge in [0.05, 0.1) is 7.11 Å². The molecule has 0 aliphatic heterocycles. The van der Waals surface area contributed by atoms with E-state index in [0.29, 0.717) is 25.4 Å². The van der Waals surface area contributed by atoms with Crippen molar-refractivity contribution in [3.8, 4) is 0 Å².